The SMILES string of the molecule is CC.CN1CC=[C-]CC1.[Re]. The molecule has 0 unspecified atom stereocenters. The van der Waals surface area contributed by atoms with E-state index in [-0.39, 0.29) is 20.4 Å². The third-order valence-corrected chi connectivity index (χ3v) is 1.19. The van der Waals surface area contributed by atoms with Gasteiger partial charge in [-0.05, 0) is 20.1 Å². The van der Waals surface area contributed by atoms with Crippen LogP contribution in [0.5, 0.6) is 0 Å². The van der Waals surface area contributed by atoms with Crippen molar-refractivity contribution in [2.45, 2.75) is 20.3 Å². The van der Waals surface area contributed by atoms with Crippen LogP contribution in [0.3, 0.4) is 0 Å². The van der Waals surface area contributed by atoms with Gasteiger partial charge in [0.2, 0.25) is 0 Å². The second-order valence-electron chi connectivity index (χ2n) is 1.92. The summed E-state index contributed by atoms with van der Waals surface area (Å²) in [6, 6.07) is 0. The van der Waals surface area contributed by atoms with E-state index < -0.39 is 0 Å². The molecule has 1 heterocycles. The summed E-state index contributed by atoms with van der Waals surface area (Å²) in [6.07, 6.45) is 6.34. The van der Waals surface area contributed by atoms with E-state index in [1.54, 1.807) is 0 Å². The van der Waals surface area contributed by atoms with E-state index in [4.69, 9.17) is 0 Å². The first kappa shape index (κ1) is 13.0. The van der Waals surface area contributed by atoms with Crippen LogP contribution in [-0.4, -0.2) is 25.0 Å². The summed E-state index contributed by atoms with van der Waals surface area (Å²) in [6.45, 7) is 6.26. The number of likely N-dealkylation sites (N-methyl/N-ethyl adjacent to an activating group) is 1. The number of rotatable bonds is 0. The van der Waals surface area contributed by atoms with E-state index in [2.05, 4.69) is 24.1 Å². The fourth-order valence-corrected chi connectivity index (χ4v) is 0.669. The van der Waals surface area contributed by atoms with Gasteiger partial charge in [-0.1, -0.05) is 13.8 Å². The summed E-state index contributed by atoms with van der Waals surface area (Å²) < 4.78 is 0. The third kappa shape index (κ3) is 6.48. The van der Waals surface area contributed by atoms with Gasteiger partial charge < -0.3 is 11.0 Å². The first-order valence-electron chi connectivity index (χ1n) is 3.63. The Hall–Kier alpha value is 0.362. The molecule has 1 rings (SSSR count). The number of hydrogen-bond acceptors (Lipinski definition) is 1. The molecular formula is C8H16NRe-. The molecule has 0 bridgehead atoms. The van der Waals surface area contributed by atoms with Crippen LogP contribution in [0, 0.1) is 6.08 Å². The molecule has 0 amide bonds. The van der Waals surface area contributed by atoms with Crippen molar-refractivity contribution >= 4 is 0 Å². The van der Waals surface area contributed by atoms with Crippen molar-refractivity contribution < 1.29 is 20.4 Å². The van der Waals surface area contributed by atoms with Gasteiger partial charge in [-0.2, -0.15) is 6.42 Å². The quantitative estimate of drug-likeness (QED) is 0.616. The van der Waals surface area contributed by atoms with Crippen molar-refractivity contribution in [3.05, 3.63) is 12.2 Å². The van der Waals surface area contributed by atoms with Gasteiger partial charge in [0.15, 0.2) is 0 Å². The van der Waals surface area contributed by atoms with Crippen LogP contribution in [-0.2, 0) is 20.4 Å². The van der Waals surface area contributed by atoms with Gasteiger partial charge in [0, 0.05) is 20.4 Å². The normalized spacial score (nSPS) is 16.7. The monoisotopic (exact) mass is 313 g/mol. The predicted molar refractivity (Wildman–Crippen MR) is 41.3 cm³/mol. The maximum absolute atomic E-state index is 3.15. The van der Waals surface area contributed by atoms with E-state index in [0.29, 0.717) is 0 Å². The standard InChI is InChI=1S/C6H10N.C2H6.Re/c1-7-5-3-2-4-6-7;1-2;/h3H,4-6H2,1H3;1-2H3;/q-1;;. The molecule has 0 saturated carbocycles. The first-order valence-corrected chi connectivity index (χ1v) is 3.63. The molecule has 1 aliphatic heterocycles. The molecule has 0 N–H and O–H groups in total. The molecule has 10 heavy (non-hydrogen) atoms. The van der Waals surface area contributed by atoms with Crippen LogP contribution in [0.25, 0.3) is 0 Å². The summed E-state index contributed by atoms with van der Waals surface area (Å²) in [5.74, 6) is 0. The van der Waals surface area contributed by atoms with E-state index in [9.17, 15) is 0 Å². The molecule has 0 aromatic heterocycles. The summed E-state index contributed by atoms with van der Waals surface area (Å²) in [5.41, 5.74) is 0. The van der Waals surface area contributed by atoms with Gasteiger partial charge in [-0.15, -0.1) is 0 Å². The van der Waals surface area contributed by atoms with Crippen LogP contribution < -0.4 is 0 Å². The van der Waals surface area contributed by atoms with E-state index in [1.165, 1.54) is 6.54 Å². The predicted octanol–water partition coefficient (Wildman–Crippen LogP) is 1.70. The molecule has 0 spiro atoms. The Morgan fingerprint density at radius 2 is 2.00 bits per heavy atom. The molecule has 0 aromatic rings. The number of hydrogen-bond donors (Lipinski definition) is 0. The maximum atomic E-state index is 3.15. The zero-order valence-electron chi connectivity index (χ0n) is 7.02. The molecule has 61 valence electrons. The second kappa shape index (κ2) is 9.36. The van der Waals surface area contributed by atoms with Gasteiger partial charge in [0.1, 0.15) is 0 Å². The summed E-state index contributed by atoms with van der Waals surface area (Å²) in [7, 11) is 2.12. The van der Waals surface area contributed by atoms with E-state index in [0.717, 1.165) is 13.0 Å². The summed E-state index contributed by atoms with van der Waals surface area (Å²) in [5, 5.41) is 0. The fourth-order valence-electron chi connectivity index (χ4n) is 0.669. The molecule has 0 atom stereocenters. The maximum Gasteiger partial charge on any atom is 0 e. The smallest absolute Gasteiger partial charge is 0 e. The summed E-state index contributed by atoms with van der Waals surface area (Å²) >= 11 is 0. The zero-order valence-corrected chi connectivity index (χ0v) is 9.74. The van der Waals surface area contributed by atoms with Gasteiger partial charge in [-0.3, -0.25) is 6.08 Å². The van der Waals surface area contributed by atoms with E-state index >= 15 is 0 Å². The Morgan fingerprint density at radius 1 is 1.40 bits per heavy atom. The number of nitrogens with zero attached hydrogens (tertiary/aromatic N) is 1. The van der Waals surface area contributed by atoms with Gasteiger partial charge in [-0.25, -0.2) is 0 Å². The van der Waals surface area contributed by atoms with Crippen LogP contribution in [0.1, 0.15) is 20.3 Å². The minimum Gasteiger partial charge on any atom is -0.498 e. The molecule has 0 aromatic carbocycles. The van der Waals surface area contributed by atoms with Gasteiger partial charge >= 0.3 is 0 Å². The van der Waals surface area contributed by atoms with Crippen molar-refractivity contribution in [2.24, 2.45) is 0 Å². The van der Waals surface area contributed by atoms with Crippen LogP contribution in [0.2, 0.25) is 0 Å². The van der Waals surface area contributed by atoms with Crippen molar-refractivity contribution in [1.82, 2.24) is 4.90 Å². The Bertz CT molecular complexity index is 81.3. The van der Waals surface area contributed by atoms with Gasteiger partial charge in [0.05, 0.1) is 0 Å². The Morgan fingerprint density at radius 3 is 2.20 bits per heavy atom. The van der Waals surface area contributed by atoms with Crippen LogP contribution in [0.4, 0.5) is 0 Å². The van der Waals surface area contributed by atoms with Crippen LogP contribution >= 0.6 is 0 Å². The van der Waals surface area contributed by atoms with Crippen molar-refractivity contribution in [3.63, 3.8) is 0 Å². The molecule has 0 saturated heterocycles. The minimum atomic E-state index is 0. The molecule has 2 heteroatoms. The van der Waals surface area contributed by atoms with Crippen LogP contribution in [0.15, 0.2) is 6.08 Å². The van der Waals surface area contributed by atoms with Crippen molar-refractivity contribution in [1.29, 1.82) is 0 Å². The van der Waals surface area contributed by atoms with E-state index in [1.807, 2.05) is 13.8 Å². The molecule has 1 nitrogen and oxygen atoms in total. The van der Waals surface area contributed by atoms with Crippen molar-refractivity contribution in [3.8, 4) is 0 Å². The minimum absolute atomic E-state index is 0. The zero-order chi connectivity index (χ0) is 7.11. The van der Waals surface area contributed by atoms with Gasteiger partial charge in [0.25, 0.3) is 0 Å². The first-order chi connectivity index (χ1) is 4.39. The molecule has 0 aliphatic carbocycles. The molecule has 0 fully saturated rings. The summed E-state index contributed by atoms with van der Waals surface area (Å²) in [4.78, 5) is 2.27. The Labute approximate surface area is 78.1 Å². The molecule has 1 radical (unpaired) electrons. The Kier molecular flexibility index (Phi) is 12.2. The largest absolute Gasteiger partial charge is 0.498 e. The van der Waals surface area contributed by atoms with Crippen molar-refractivity contribution in [2.75, 3.05) is 20.1 Å². The second-order valence-corrected chi connectivity index (χ2v) is 1.92. The Balaban J connectivity index is 0. The topological polar surface area (TPSA) is 3.24 Å². The molecule has 1 aliphatic rings. The molecular weight excluding hydrogens is 296 g/mol. The third-order valence-electron chi connectivity index (χ3n) is 1.19. The average Bonchev–Trinajstić information content (AvgIpc) is 1.94. The average molecular weight is 312 g/mol. The fraction of sp³-hybridized carbons (Fsp3) is 0.750.